The molecular weight excluding hydrogens is 559 g/mol. The molecule has 2 aromatic carbocycles. The second-order valence-corrected chi connectivity index (χ2v) is 13.9. The van der Waals surface area contributed by atoms with Crippen molar-refractivity contribution < 1.29 is 18.1 Å². The normalized spacial score (nSPS) is 16.7. The number of hydrogen-bond acceptors (Lipinski definition) is 6. The smallest absolute Gasteiger partial charge is 0.410 e. The topological polar surface area (TPSA) is 115 Å². The van der Waals surface area contributed by atoms with Gasteiger partial charge in [0.1, 0.15) is 17.2 Å². The molecule has 0 fully saturated rings. The standard InChI is InChI=1S/C30H35FN6O4S/c1-18-16-22(17-19(2)26(18)31)37-27(25-20(3)34(13-12-24(25)33-37)29(39)41-30(4,5)6)36-15-14-35(28(36)38)21-8-10-23(11-9-21)42(7,32)40/h8-11,14-17,20,32H,12-13H2,1-7H3/t20-,42-/m0/s1. The minimum atomic E-state index is -2.90. The summed E-state index contributed by atoms with van der Waals surface area (Å²) in [5.74, 6) is 0.136. The SMILES string of the molecule is Cc1cc(-n2nc3c(c2-n2ccn(-c4ccc([S@@](C)(=N)=O)cc4)c2=O)[C@H](C)N(C(=O)OC(C)(C)C)CC3)cc(C)c1F. The Kier molecular flexibility index (Phi) is 7.16. The van der Waals surface area contributed by atoms with Crippen LogP contribution in [0.25, 0.3) is 17.2 Å². The van der Waals surface area contributed by atoms with Crippen molar-refractivity contribution in [1.29, 1.82) is 4.78 Å². The van der Waals surface area contributed by atoms with Gasteiger partial charge in [-0.3, -0.25) is 9.13 Å². The third-order valence-electron chi connectivity index (χ3n) is 7.31. The van der Waals surface area contributed by atoms with Crippen molar-refractivity contribution in [2.75, 3.05) is 12.8 Å². The fourth-order valence-electron chi connectivity index (χ4n) is 5.28. The van der Waals surface area contributed by atoms with Crippen LogP contribution in [0.15, 0.2) is 58.5 Å². The molecular formula is C30H35FN6O4S. The Hall–Kier alpha value is -4.19. The number of nitrogens with one attached hydrogen (secondary N) is 1. The van der Waals surface area contributed by atoms with Gasteiger partial charge in [-0.05, 0) is 89.1 Å². The molecule has 0 unspecified atom stereocenters. The molecule has 10 nitrogen and oxygen atoms in total. The van der Waals surface area contributed by atoms with Gasteiger partial charge in [-0.25, -0.2) is 27.6 Å². The summed E-state index contributed by atoms with van der Waals surface area (Å²) in [7, 11) is -2.90. The van der Waals surface area contributed by atoms with Crippen LogP contribution in [-0.2, 0) is 20.9 Å². The quantitative estimate of drug-likeness (QED) is 0.337. The molecule has 0 bridgehead atoms. The van der Waals surface area contributed by atoms with E-state index in [1.165, 1.54) is 15.4 Å². The molecule has 2 aromatic heterocycles. The molecule has 222 valence electrons. The fourth-order valence-corrected chi connectivity index (χ4v) is 5.94. The molecule has 1 aliphatic heterocycles. The number of nitrogens with zero attached hydrogens (tertiary/aromatic N) is 5. The summed E-state index contributed by atoms with van der Waals surface area (Å²) in [6.07, 6.45) is 4.57. The lowest BCUT2D eigenvalue weighted by Crippen LogP contribution is -2.42. The van der Waals surface area contributed by atoms with Gasteiger partial charge >= 0.3 is 11.8 Å². The summed E-state index contributed by atoms with van der Waals surface area (Å²) in [6, 6.07) is 9.33. The third-order valence-corrected chi connectivity index (χ3v) is 8.48. The zero-order valence-corrected chi connectivity index (χ0v) is 25.6. The molecule has 0 saturated carbocycles. The first-order valence-electron chi connectivity index (χ1n) is 13.6. The zero-order chi connectivity index (χ0) is 30.7. The molecule has 3 heterocycles. The minimum Gasteiger partial charge on any atom is -0.444 e. The number of imidazole rings is 1. The van der Waals surface area contributed by atoms with Gasteiger partial charge < -0.3 is 9.64 Å². The molecule has 4 aromatic rings. The van der Waals surface area contributed by atoms with E-state index in [1.54, 1.807) is 72.2 Å². The van der Waals surface area contributed by atoms with Crippen LogP contribution in [0, 0.1) is 24.4 Å². The Morgan fingerprint density at radius 2 is 1.67 bits per heavy atom. The number of aryl methyl sites for hydroxylation is 2. The van der Waals surface area contributed by atoms with Gasteiger partial charge in [0.15, 0.2) is 0 Å². The van der Waals surface area contributed by atoms with E-state index in [2.05, 4.69) is 0 Å². The van der Waals surface area contributed by atoms with Crippen LogP contribution >= 0.6 is 0 Å². The van der Waals surface area contributed by atoms with Gasteiger partial charge in [0.05, 0.1) is 32.8 Å². The number of fused-ring (bicyclic) bond motifs is 1. The molecule has 1 amide bonds. The van der Waals surface area contributed by atoms with E-state index in [0.717, 1.165) is 5.69 Å². The summed E-state index contributed by atoms with van der Waals surface area (Å²) in [5.41, 5.74) is 2.36. The van der Waals surface area contributed by atoms with Crippen LogP contribution in [-0.4, -0.2) is 52.5 Å². The number of carbonyl (C=O) groups excluding carboxylic acids is 1. The highest BCUT2D eigenvalue weighted by molar-refractivity contribution is 7.91. The Morgan fingerprint density at radius 3 is 2.24 bits per heavy atom. The van der Waals surface area contributed by atoms with Gasteiger partial charge in [-0.1, -0.05) is 0 Å². The average molecular weight is 595 g/mol. The molecule has 1 aliphatic rings. The van der Waals surface area contributed by atoms with E-state index in [1.807, 2.05) is 27.7 Å². The first-order valence-corrected chi connectivity index (χ1v) is 15.6. The molecule has 0 spiro atoms. The third kappa shape index (κ3) is 5.26. The molecule has 12 heteroatoms. The van der Waals surface area contributed by atoms with Crippen LogP contribution in [0.4, 0.5) is 9.18 Å². The highest BCUT2D eigenvalue weighted by Gasteiger charge is 2.37. The van der Waals surface area contributed by atoms with Crippen molar-refractivity contribution in [3.8, 4) is 17.2 Å². The lowest BCUT2D eigenvalue weighted by Gasteiger charge is -2.34. The number of halogens is 1. The van der Waals surface area contributed by atoms with Crippen molar-refractivity contribution in [3.05, 3.63) is 87.5 Å². The van der Waals surface area contributed by atoms with E-state index >= 15 is 0 Å². The minimum absolute atomic E-state index is 0.308. The van der Waals surface area contributed by atoms with Crippen LogP contribution in [0.3, 0.4) is 0 Å². The lowest BCUT2D eigenvalue weighted by molar-refractivity contribution is 0.0159. The van der Waals surface area contributed by atoms with Crippen LogP contribution < -0.4 is 5.69 Å². The van der Waals surface area contributed by atoms with Crippen molar-refractivity contribution in [1.82, 2.24) is 23.8 Å². The van der Waals surface area contributed by atoms with E-state index in [-0.39, 0.29) is 5.82 Å². The first kappa shape index (κ1) is 29.3. The molecule has 0 saturated heterocycles. The Morgan fingerprint density at radius 1 is 1.07 bits per heavy atom. The number of ether oxygens (including phenoxy) is 1. The van der Waals surface area contributed by atoms with E-state index in [4.69, 9.17) is 14.6 Å². The van der Waals surface area contributed by atoms with Crippen molar-refractivity contribution in [3.63, 3.8) is 0 Å². The molecule has 42 heavy (non-hydrogen) atoms. The van der Waals surface area contributed by atoms with E-state index in [9.17, 15) is 18.2 Å². The summed E-state index contributed by atoms with van der Waals surface area (Å²) in [5, 5.41) is 4.88. The molecule has 1 N–H and O–H groups in total. The van der Waals surface area contributed by atoms with Gasteiger partial charge in [-0.2, -0.15) is 5.10 Å². The monoisotopic (exact) mass is 594 g/mol. The van der Waals surface area contributed by atoms with Gasteiger partial charge in [0, 0.05) is 42.1 Å². The van der Waals surface area contributed by atoms with Gasteiger partial charge in [0.2, 0.25) is 0 Å². The lowest BCUT2D eigenvalue weighted by atomic mass is 10.00. The molecule has 0 aliphatic carbocycles. The van der Waals surface area contributed by atoms with Crippen LogP contribution in [0.2, 0.25) is 0 Å². The average Bonchev–Trinajstić information content (AvgIpc) is 3.46. The Labute approximate surface area is 244 Å². The number of benzene rings is 2. The van der Waals surface area contributed by atoms with Crippen LogP contribution in [0.5, 0.6) is 0 Å². The summed E-state index contributed by atoms with van der Waals surface area (Å²) < 4.78 is 44.8. The summed E-state index contributed by atoms with van der Waals surface area (Å²) >= 11 is 0. The number of aromatic nitrogens is 4. The predicted octanol–water partition coefficient (Wildman–Crippen LogP) is 5.46. The fraction of sp³-hybridized carbons (Fsp3) is 0.367. The van der Waals surface area contributed by atoms with E-state index < -0.39 is 33.2 Å². The molecule has 0 radical (unpaired) electrons. The summed E-state index contributed by atoms with van der Waals surface area (Å²) in [4.78, 5) is 29.1. The maximum atomic E-state index is 14.6. The Balaban J connectivity index is 1.69. The van der Waals surface area contributed by atoms with Crippen molar-refractivity contribution in [2.45, 2.75) is 64.5 Å². The largest absolute Gasteiger partial charge is 0.444 e. The highest BCUT2D eigenvalue weighted by atomic mass is 32.2. The number of rotatable bonds is 4. The molecule has 5 rings (SSSR count). The van der Waals surface area contributed by atoms with Gasteiger partial charge in [-0.15, -0.1) is 0 Å². The highest BCUT2D eigenvalue weighted by Crippen LogP contribution is 2.36. The second kappa shape index (κ2) is 10.3. The molecule has 2 atom stereocenters. The maximum absolute atomic E-state index is 14.6. The second-order valence-electron chi connectivity index (χ2n) is 11.7. The van der Waals surface area contributed by atoms with Crippen LogP contribution in [0.1, 0.15) is 56.1 Å². The van der Waals surface area contributed by atoms with Crippen molar-refractivity contribution >= 4 is 15.8 Å². The van der Waals surface area contributed by atoms with E-state index in [0.29, 0.717) is 51.7 Å². The predicted molar refractivity (Wildman–Crippen MR) is 158 cm³/mol. The van der Waals surface area contributed by atoms with Gasteiger partial charge in [0.25, 0.3) is 0 Å². The first-order chi connectivity index (χ1) is 19.6. The summed E-state index contributed by atoms with van der Waals surface area (Å²) in [6.45, 7) is 11.1. The zero-order valence-electron chi connectivity index (χ0n) is 24.8. The number of carbonyl (C=O) groups is 1. The Bertz CT molecular complexity index is 1840. The number of amides is 1. The van der Waals surface area contributed by atoms with Crippen molar-refractivity contribution in [2.24, 2.45) is 0 Å². The maximum Gasteiger partial charge on any atom is 0.410 e. The number of hydrogen-bond donors (Lipinski definition) is 1.